The first-order valence-corrected chi connectivity index (χ1v) is 6.84. The van der Waals surface area contributed by atoms with Crippen LogP contribution in [0.4, 0.5) is 4.39 Å². The monoisotopic (exact) mass is 293 g/mol. The van der Waals surface area contributed by atoms with Crippen LogP contribution in [-0.4, -0.2) is 24.8 Å². The lowest BCUT2D eigenvalue weighted by Gasteiger charge is -2.24. The van der Waals surface area contributed by atoms with Crippen molar-refractivity contribution in [3.8, 4) is 0 Å². The van der Waals surface area contributed by atoms with Crippen LogP contribution < -0.4 is 5.32 Å². The van der Waals surface area contributed by atoms with Crippen LogP contribution in [0.25, 0.3) is 0 Å². The predicted molar refractivity (Wildman–Crippen MR) is 79.6 cm³/mol. The van der Waals surface area contributed by atoms with E-state index in [0.717, 1.165) is 5.56 Å². The number of hydrogen-bond donors (Lipinski definition) is 2. The molecule has 2 aromatic carbocycles. The van der Waals surface area contributed by atoms with Gasteiger partial charge in [-0.2, -0.15) is 0 Å². The van der Waals surface area contributed by atoms with Gasteiger partial charge in [-0.05, 0) is 36.4 Å². The van der Waals surface area contributed by atoms with Gasteiger partial charge < -0.3 is 10.4 Å². The van der Waals surface area contributed by atoms with E-state index in [-0.39, 0.29) is 5.82 Å². The number of rotatable bonds is 5. The van der Waals surface area contributed by atoms with Crippen molar-refractivity contribution in [2.45, 2.75) is 12.0 Å². The summed E-state index contributed by atoms with van der Waals surface area (Å²) in [5, 5.41) is 13.8. The minimum atomic E-state index is -0.740. The Morgan fingerprint density at radius 1 is 1.20 bits per heavy atom. The van der Waals surface area contributed by atoms with Gasteiger partial charge in [0.05, 0.1) is 6.10 Å². The Balaban J connectivity index is 2.47. The Bertz CT molecular complexity index is 576. The van der Waals surface area contributed by atoms with E-state index in [4.69, 9.17) is 11.6 Å². The molecule has 0 amide bonds. The van der Waals surface area contributed by atoms with E-state index < -0.39 is 12.0 Å². The zero-order valence-electron chi connectivity index (χ0n) is 11.2. The first kappa shape index (κ1) is 15.0. The van der Waals surface area contributed by atoms with Crippen molar-refractivity contribution in [1.29, 1.82) is 0 Å². The van der Waals surface area contributed by atoms with Gasteiger partial charge in [0.15, 0.2) is 0 Å². The van der Waals surface area contributed by atoms with E-state index in [1.165, 1.54) is 6.07 Å². The fourth-order valence-electron chi connectivity index (χ4n) is 2.36. The largest absolute Gasteiger partial charge is 0.391 e. The molecule has 20 heavy (non-hydrogen) atoms. The molecule has 0 bridgehead atoms. The van der Waals surface area contributed by atoms with E-state index in [1.807, 2.05) is 6.07 Å². The van der Waals surface area contributed by atoms with Crippen molar-refractivity contribution in [3.05, 3.63) is 70.5 Å². The van der Waals surface area contributed by atoms with Crippen LogP contribution in [0.3, 0.4) is 0 Å². The predicted octanol–water partition coefficient (Wildman–Crippen LogP) is 3.19. The molecule has 0 aliphatic carbocycles. The number of halogens is 2. The third-order valence-electron chi connectivity index (χ3n) is 3.25. The maximum absolute atomic E-state index is 14.1. The molecule has 2 rings (SSSR count). The van der Waals surface area contributed by atoms with Crippen LogP contribution in [0.2, 0.25) is 5.02 Å². The maximum Gasteiger partial charge on any atom is 0.127 e. The molecule has 2 nitrogen and oxygen atoms in total. The minimum Gasteiger partial charge on any atom is -0.391 e. The minimum absolute atomic E-state index is 0.326. The second-order valence-electron chi connectivity index (χ2n) is 4.68. The molecule has 0 radical (unpaired) electrons. The van der Waals surface area contributed by atoms with Gasteiger partial charge in [-0.25, -0.2) is 4.39 Å². The lowest BCUT2D eigenvalue weighted by atomic mass is 9.86. The van der Waals surface area contributed by atoms with E-state index in [2.05, 4.69) is 5.32 Å². The summed E-state index contributed by atoms with van der Waals surface area (Å²) in [6.45, 7) is 0.367. The highest BCUT2D eigenvalue weighted by molar-refractivity contribution is 6.30. The second kappa shape index (κ2) is 6.84. The summed E-state index contributed by atoms with van der Waals surface area (Å²) in [5.41, 5.74) is 1.27. The smallest absolute Gasteiger partial charge is 0.127 e. The number of nitrogens with one attached hydrogen (secondary N) is 1. The summed E-state index contributed by atoms with van der Waals surface area (Å²) in [7, 11) is 1.75. The van der Waals surface area contributed by atoms with Crippen LogP contribution in [0.5, 0.6) is 0 Å². The van der Waals surface area contributed by atoms with Gasteiger partial charge in [0.2, 0.25) is 0 Å². The summed E-state index contributed by atoms with van der Waals surface area (Å²) < 4.78 is 14.1. The van der Waals surface area contributed by atoms with Crippen molar-refractivity contribution in [2.75, 3.05) is 13.6 Å². The average Bonchev–Trinajstić information content (AvgIpc) is 2.42. The lowest BCUT2D eigenvalue weighted by Crippen LogP contribution is -2.30. The van der Waals surface area contributed by atoms with Gasteiger partial charge in [0.25, 0.3) is 0 Å². The van der Waals surface area contributed by atoms with Crippen LogP contribution in [-0.2, 0) is 0 Å². The molecule has 0 heterocycles. The highest BCUT2D eigenvalue weighted by Crippen LogP contribution is 2.31. The molecule has 0 fully saturated rings. The zero-order valence-corrected chi connectivity index (χ0v) is 11.9. The normalized spacial score (nSPS) is 14.0. The molecule has 2 aromatic rings. The fourth-order valence-corrected chi connectivity index (χ4v) is 2.56. The lowest BCUT2D eigenvalue weighted by molar-refractivity contribution is 0.155. The van der Waals surface area contributed by atoms with Crippen LogP contribution in [0.1, 0.15) is 17.0 Å². The summed E-state index contributed by atoms with van der Waals surface area (Å²) in [5.74, 6) is -0.782. The Kier molecular flexibility index (Phi) is 5.12. The van der Waals surface area contributed by atoms with Crippen molar-refractivity contribution in [1.82, 2.24) is 5.32 Å². The van der Waals surface area contributed by atoms with Gasteiger partial charge in [-0.3, -0.25) is 0 Å². The molecule has 0 aliphatic rings. The maximum atomic E-state index is 14.1. The van der Waals surface area contributed by atoms with Gasteiger partial charge in [-0.1, -0.05) is 41.9 Å². The molecule has 0 saturated heterocycles. The molecule has 106 valence electrons. The average molecular weight is 294 g/mol. The van der Waals surface area contributed by atoms with Crippen LogP contribution in [0.15, 0.2) is 48.5 Å². The highest BCUT2D eigenvalue weighted by Gasteiger charge is 2.25. The summed E-state index contributed by atoms with van der Waals surface area (Å²) in [4.78, 5) is 0. The first-order chi connectivity index (χ1) is 9.63. The Morgan fingerprint density at radius 3 is 2.60 bits per heavy atom. The van der Waals surface area contributed by atoms with Crippen molar-refractivity contribution in [3.63, 3.8) is 0 Å². The van der Waals surface area contributed by atoms with Crippen molar-refractivity contribution < 1.29 is 9.50 Å². The first-order valence-electron chi connectivity index (χ1n) is 6.46. The number of aliphatic hydroxyl groups is 1. The van der Waals surface area contributed by atoms with Crippen molar-refractivity contribution >= 4 is 11.6 Å². The summed E-state index contributed by atoms with van der Waals surface area (Å²) in [6, 6.07) is 13.7. The van der Waals surface area contributed by atoms with Gasteiger partial charge in [-0.15, -0.1) is 0 Å². The Labute approximate surface area is 123 Å². The number of hydrogen-bond acceptors (Lipinski definition) is 2. The second-order valence-corrected chi connectivity index (χ2v) is 5.12. The molecular formula is C16H17ClFNO. The third kappa shape index (κ3) is 3.37. The fraction of sp³-hybridized carbons (Fsp3) is 0.250. The van der Waals surface area contributed by atoms with Gasteiger partial charge in [0, 0.05) is 17.5 Å². The van der Waals surface area contributed by atoms with Crippen LogP contribution >= 0.6 is 11.6 Å². The molecule has 0 spiro atoms. The number of likely N-dealkylation sites (N-methyl/N-ethyl adjacent to an activating group) is 1. The standard InChI is InChI=1S/C16H17ClFNO/c1-19-10-15(20)16(11-5-4-6-12(17)9-11)13-7-2-3-8-14(13)18/h2-9,15-16,19-20H,10H2,1H3. The SMILES string of the molecule is CNCC(O)C(c1cccc(Cl)c1)c1ccccc1F. The highest BCUT2D eigenvalue weighted by atomic mass is 35.5. The summed E-state index contributed by atoms with van der Waals surface area (Å²) in [6.07, 6.45) is -0.740. The molecule has 0 aromatic heterocycles. The number of benzene rings is 2. The Hall–Kier alpha value is -1.42. The molecule has 2 unspecified atom stereocenters. The van der Waals surface area contributed by atoms with Crippen molar-refractivity contribution in [2.24, 2.45) is 0 Å². The summed E-state index contributed by atoms with van der Waals surface area (Å²) >= 11 is 6.01. The van der Waals surface area contributed by atoms with E-state index in [1.54, 1.807) is 43.4 Å². The quantitative estimate of drug-likeness (QED) is 0.887. The molecule has 0 aliphatic heterocycles. The van der Waals surface area contributed by atoms with E-state index in [0.29, 0.717) is 17.1 Å². The van der Waals surface area contributed by atoms with Gasteiger partial charge >= 0.3 is 0 Å². The van der Waals surface area contributed by atoms with E-state index >= 15 is 0 Å². The van der Waals surface area contributed by atoms with Crippen LogP contribution in [0, 0.1) is 5.82 Å². The molecule has 0 saturated carbocycles. The van der Waals surface area contributed by atoms with E-state index in [9.17, 15) is 9.50 Å². The molecule has 4 heteroatoms. The van der Waals surface area contributed by atoms with Gasteiger partial charge in [0.1, 0.15) is 5.82 Å². The molecule has 2 N–H and O–H groups in total. The number of aliphatic hydroxyl groups excluding tert-OH is 1. The third-order valence-corrected chi connectivity index (χ3v) is 3.48. The topological polar surface area (TPSA) is 32.3 Å². The Morgan fingerprint density at radius 2 is 1.95 bits per heavy atom. The molecular weight excluding hydrogens is 277 g/mol. The molecule has 2 atom stereocenters. The zero-order chi connectivity index (χ0) is 14.5.